The molecule has 18 heavy (non-hydrogen) atoms. The third-order valence-electron chi connectivity index (χ3n) is 3.39. The van der Waals surface area contributed by atoms with Crippen molar-refractivity contribution in [1.82, 2.24) is 10.2 Å². The smallest absolute Gasteiger partial charge is 0.0674 e. The van der Waals surface area contributed by atoms with Crippen LogP contribution in [0.5, 0.6) is 0 Å². The van der Waals surface area contributed by atoms with Gasteiger partial charge in [0.05, 0.1) is 6.10 Å². The molecule has 0 bridgehead atoms. The summed E-state index contributed by atoms with van der Waals surface area (Å²) in [7, 11) is 0. The van der Waals surface area contributed by atoms with Crippen molar-refractivity contribution in [3.05, 3.63) is 0 Å². The molecular formula is C14H30N2O2. The zero-order valence-electron chi connectivity index (χ0n) is 12.3. The Morgan fingerprint density at radius 3 is 3.11 bits per heavy atom. The van der Waals surface area contributed by atoms with Gasteiger partial charge in [-0.05, 0) is 40.2 Å². The Labute approximate surface area is 112 Å². The molecule has 0 spiro atoms. The zero-order chi connectivity index (χ0) is 13.2. The Hall–Kier alpha value is -0.160. The molecule has 0 aliphatic carbocycles. The average molecular weight is 258 g/mol. The molecule has 1 aliphatic rings. The molecule has 0 radical (unpaired) electrons. The molecule has 1 saturated heterocycles. The zero-order valence-corrected chi connectivity index (χ0v) is 12.3. The van der Waals surface area contributed by atoms with E-state index in [1.807, 2.05) is 6.92 Å². The van der Waals surface area contributed by atoms with E-state index in [1.54, 1.807) is 0 Å². The summed E-state index contributed by atoms with van der Waals surface area (Å²) in [6.45, 7) is 13.4. The van der Waals surface area contributed by atoms with E-state index in [9.17, 15) is 0 Å². The van der Waals surface area contributed by atoms with Gasteiger partial charge in [0, 0.05) is 45.5 Å². The summed E-state index contributed by atoms with van der Waals surface area (Å²) in [5, 5.41) is 3.51. The molecule has 0 amide bonds. The molecule has 1 aliphatic heterocycles. The van der Waals surface area contributed by atoms with Gasteiger partial charge in [0.2, 0.25) is 0 Å². The van der Waals surface area contributed by atoms with Crippen LogP contribution in [0.2, 0.25) is 0 Å². The fourth-order valence-corrected chi connectivity index (χ4v) is 2.31. The van der Waals surface area contributed by atoms with Gasteiger partial charge >= 0.3 is 0 Å². The largest absolute Gasteiger partial charge is 0.382 e. The molecule has 0 aromatic heterocycles. The minimum absolute atomic E-state index is 0.368. The van der Waals surface area contributed by atoms with E-state index in [0.29, 0.717) is 12.1 Å². The molecular weight excluding hydrogens is 228 g/mol. The average Bonchev–Trinajstić information content (AvgIpc) is 2.58. The highest BCUT2D eigenvalue weighted by molar-refractivity contribution is 4.74. The van der Waals surface area contributed by atoms with Crippen molar-refractivity contribution in [1.29, 1.82) is 0 Å². The van der Waals surface area contributed by atoms with Gasteiger partial charge in [-0.3, -0.25) is 4.90 Å². The van der Waals surface area contributed by atoms with Gasteiger partial charge in [-0.2, -0.15) is 0 Å². The van der Waals surface area contributed by atoms with Crippen LogP contribution >= 0.6 is 0 Å². The number of hydrogen-bond acceptors (Lipinski definition) is 4. The normalized spacial score (nSPS) is 23.8. The van der Waals surface area contributed by atoms with E-state index < -0.39 is 0 Å². The van der Waals surface area contributed by atoms with Gasteiger partial charge < -0.3 is 14.8 Å². The first-order valence-electron chi connectivity index (χ1n) is 7.38. The van der Waals surface area contributed by atoms with E-state index in [1.165, 1.54) is 0 Å². The third-order valence-corrected chi connectivity index (χ3v) is 3.39. The second kappa shape index (κ2) is 9.73. The summed E-state index contributed by atoms with van der Waals surface area (Å²) in [6.07, 6.45) is 2.62. The van der Waals surface area contributed by atoms with Gasteiger partial charge in [0.15, 0.2) is 0 Å². The van der Waals surface area contributed by atoms with Crippen LogP contribution in [0.3, 0.4) is 0 Å². The fourth-order valence-electron chi connectivity index (χ4n) is 2.31. The molecule has 0 saturated carbocycles. The van der Waals surface area contributed by atoms with Crippen molar-refractivity contribution >= 4 is 0 Å². The number of nitrogens with one attached hydrogen (secondary N) is 1. The van der Waals surface area contributed by atoms with Crippen LogP contribution in [0.15, 0.2) is 0 Å². The second-order valence-electron chi connectivity index (χ2n) is 5.13. The molecule has 1 rings (SSSR count). The van der Waals surface area contributed by atoms with Crippen LogP contribution in [-0.4, -0.2) is 63.0 Å². The minimum atomic E-state index is 0.368. The molecule has 0 aromatic rings. The van der Waals surface area contributed by atoms with Crippen molar-refractivity contribution in [3.63, 3.8) is 0 Å². The summed E-state index contributed by atoms with van der Waals surface area (Å²) in [5.41, 5.74) is 0. The molecule has 4 heteroatoms. The number of rotatable bonds is 8. The van der Waals surface area contributed by atoms with Gasteiger partial charge in [0.25, 0.3) is 0 Å². The maximum Gasteiger partial charge on any atom is 0.0674 e. The Balaban J connectivity index is 2.09. The predicted molar refractivity (Wildman–Crippen MR) is 75.0 cm³/mol. The maximum absolute atomic E-state index is 5.67. The van der Waals surface area contributed by atoms with E-state index >= 15 is 0 Å². The van der Waals surface area contributed by atoms with Crippen LogP contribution < -0.4 is 5.32 Å². The molecule has 1 heterocycles. The molecule has 0 aromatic carbocycles. The third kappa shape index (κ3) is 6.69. The Bertz CT molecular complexity index is 202. The summed E-state index contributed by atoms with van der Waals surface area (Å²) in [6, 6.07) is 0.584. The lowest BCUT2D eigenvalue weighted by molar-refractivity contribution is 0.0619. The van der Waals surface area contributed by atoms with Crippen LogP contribution in [0.1, 0.15) is 33.6 Å². The highest BCUT2D eigenvalue weighted by atomic mass is 16.5. The fraction of sp³-hybridized carbons (Fsp3) is 1.00. The Kier molecular flexibility index (Phi) is 8.59. The molecule has 2 atom stereocenters. The first-order chi connectivity index (χ1) is 8.74. The lowest BCUT2D eigenvalue weighted by atomic mass is 10.2. The van der Waals surface area contributed by atoms with E-state index in [4.69, 9.17) is 9.47 Å². The highest BCUT2D eigenvalue weighted by Gasteiger charge is 2.19. The summed E-state index contributed by atoms with van der Waals surface area (Å²) >= 11 is 0. The molecule has 1 fully saturated rings. The highest BCUT2D eigenvalue weighted by Crippen LogP contribution is 2.08. The van der Waals surface area contributed by atoms with Crippen molar-refractivity contribution in [2.45, 2.75) is 45.8 Å². The Morgan fingerprint density at radius 2 is 2.33 bits per heavy atom. The van der Waals surface area contributed by atoms with Crippen molar-refractivity contribution in [2.75, 3.05) is 46.0 Å². The molecule has 108 valence electrons. The quantitative estimate of drug-likeness (QED) is 0.669. The van der Waals surface area contributed by atoms with E-state index in [-0.39, 0.29) is 0 Å². The summed E-state index contributed by atoms with van der Waals surface area (Å²) in [5.74, 6) is 0. The van der Waals surface area contributed by atoms with E-state index in [2.05, 4.69) is 24.1 Å². The van der Waals surface area contributed by atoms with Gasteiger partial charge in [-0.15, -0.1) is 0 Å². The first-order valence-corrected chi connectivity index (χ1v) is 7.38. The minimum Gasteiger partial charge on any atom is -0.382 e. The molecule has 4 nitrogen and oxygen atoms in total. The monoisotopic (exact) mass is 258 g/mol. The SMILES string of the molecule is CCOCCCNCC(C)N1CCCOC(C)C1. The molecule has 2 unspecified atom stereocenters. The Morgan fingerprint density at radius 1 is 1.50 bits per heavy atom. The van der Waals surface area contributed by atoms with Crippen molar-refractivity contribution < 1.29 is 9.47 Å². The predicted octanol–water partition coefficient (Wildman–Crippen LogP) is 1.50. The summed E-state index contributed by atoms with van der Waals surface area (Å²) < 4.78 is 11.0. The topological polar surface area (TPSA) is 33.7 Å². The van der Waals surface area contributed by atoms with E-state index in [0.717, 1.165) is 58.8 Å². The van der Waals surface area contributed by atoms with Crippen LogP contribution in [0.25, 0.3) is 0 Å². The lowest BCUT2D eigenvalue weighted by Crippen LogP contribution is -2.43. The van der Waals surface area contributed by atoms with Crippen LogP contribution in [0.4, 0.5) is 0 Å². The number of ether oxygens (including phenoxy) is 2. The maximum atomic E-state index is 5.67. The summed E-state index contributed by atoms with van der Waals surface area (Å²) in [4.78, 5) is 2.53. The van der Waals surface area contributed by atoms with Gasteiger partial charge in [0.1, 0.15) is 0 Å². The molecule has 1 N–H and O–H groups in total. The van der Waals surface area contributed by atoms with Crippen molar-refractivity contribution in [2.24, 2.45) is 0 Å². The first kappa shape index (κ1) is 15.9. The van der Waals surface area contributed by atoms with Gasteiger partial charge in [-0.25, -0.2) is 0 Å². The second-order valence-corrected chi connectivity index (χ2v) is 5.13. The van der Waals surface area contributed by atoms with Crippen LogP contribution in [-0.2, 0) is 9.47 Å². The van der Waals surface area contributed by atoms with Gasteiger partial charge in [-0.1, -0.05) is 0 Å². The number of hydrogen-bond donors (Lipinski definition) is 1. The standard InChI is InChI=1S/C14H30N2O2/c1-4-17-9-5-7-15-11-13(2)16-8-6-10-18-14(3)12-16/h13-15H,4-12H2,1-3H3. The lowest BCUT2D eigenvalue weighted by Gasteiger charge is -2.29. The number of nitrogens with zero attached hydrogens (tertiary/aromatic N) is 1. The van der Waals surface area contributed by atoms with Crippen molar-refractivity contribution in [3.8, 4) is 0 Å². The van der Waals surface area contributed by atoms with Crippen LogP contribution in [0, 0.1) is 0 Å².